The molecule has 1 heterocycles. The summed E-state index contributed by atoms with van der Waals surface area (Å²) in [6, 6.07) is 11.9. The van der Waals surface area contributed by atoms with Crippen LogP contribution in [-0.4, -0.2) is 23.7 Å². The van der Waals surface area contributed by atoms with Gasteiger partial charge in [-0.2, -0.15) is 0 Å². The molecule has 0 spiro atoms. The number of fused-ring (bicyclic) bond motifs is 1. The molecule has 0 unspecified atom stereocenters. The number of benzene rings is 2. The topological polar surface area (TPSA) is 52.6 Å². The molecule has 2 N–H and O–H groups in total. The molecule has 0 fully saturated rings. The number of carbonyl (C=O) groups is 1. The quantitative estimate of drug-likeness (QED) is 0.780. The zero-order valence-corrected chi connectivity index (χ0v) is 16.3. The number of aromatic carboxylic acids is 1. The van der Waals surface area contributed by atoms with E-state index in [0.717, 1.165) is 24.3 Å². The number of carboxylic acids is 1. The number of aryl methyl sites for hydroxylation is 1. The van der Waals surface area contributed by atoms with E-state index in [1.807, 2.05) is 12.1 Å². The highest BCUT2D eigenvalue weighted by Crippen LogP contribution is 2.43. The average Bonchev–Trinajstić information content (AvgIpc) is 2.56. The van der Waals surface area contributed by atoms with Crippen LogP contribution in [0.2, 0.25) is 0 Å². The van der Waals surface area contributed by atoms with E-state index >= 15 is 0 Å². The molecule has 4 nitrogen and oxygen atoms in total. The van der Waals surface area contributed by atoms with E-state index in [1.54, 1.807) is 12.1 Å². The predicted octanol–water partition coefficient (Wildman–Crippen LogP) is 5.33. The van der Waals surface area contributed by atoms with E-state index in [0.29, 0.717) is 11.6 Å². The highest BCUT2D eigenvalue weighted by atomic mass is 16.4. The summed E-state index contributed by atoms with van der Waals surface area (Å²) in [6.07, 6.45) is 1.13. The van der Waals surface area contributed by atoms with Crippen molar-refractivity contribution in [1.82, 2.24) is 0 Å². The Kier molecular flexibility index (Phi) is 4.70. The van der Waals surface area contributed by atoms with Crippen LogP contribution in [0.4, 0.5) is 17.1 Å². The van der Waals surface area contributed by atoms with Gasteiger partial charge in [0.15, 0.2) is 0 Å². The zero-order chi connectivity index (χ0) is 19.1. The molecule has 0 aliphatic carbocycles. The molecule has 3 rings (SSSR count). The van der Waals surface area contributed by atoms with E-state index in [-0.39, 0.29) is 5.41 Å². The van der Waals surface area contributed by atoms with Gasteiger partial charge in [0.2, 0.25) is 0 Å². The highest BCUT2D eigenvalue weighted by molar-refractivity contribution is 5.88. The van der Waals surface area contributed by atoms with E-state index < -0.39 is 5.97 Å². The number of rotatable bonds is 4. The molecule has 138 valence electrons. The lowest BCUT2D eigenvalue weighted by Crippen LogP contribution is -2.41. The normalized spacial score (nSPS) is 15.7. The smallest absolute Gasteiger partial charge is 0.335 e. The van der Waals surface area contributed by atoms with Crippen molar-refractivity contribution in [3.05, 3.63) is 53.1 Å². The second kappa shape index (κ2) is 6.67. The Hall–Kier alpha value is -2.49. The maximum Gasteiger partial charge on any atom is 0.335 e. The Morgan fingerprint density at radius 2 is 1.85 bits per heavy atom. The summed E-state index contributed by atoms with van der Waals surface area (Å²) in [4.78, 5) is 13.5. The second-order valence-electron chi connectivity index (χ2n) is 8.11. The number of nitrogens with zero attached hydrogens (tertiary/aromatic N) is 1. The molecule has 0 amide bonds. The van der Waals surface area contributed by atoms with Gasteiger partial charge in [-0.15, -0.1) is 0 Å². The van der Waals surface area contributed by atoms with Gasteiger partial charge in [-0.25, -0.2) is 4.79 Å². The molecule has 1 aliphatic rings. The summed E-state index contributed by atoms with van der Waals surface area (Å²) in [7, 11) is 0. The largest absolute Gasteiger partial charge is 0.478 e. The first-order valence-corrected chi connectivity index (χ1v) is 9.21. The van der Waals surface area contributed by atoms with Gasteiger partial charge in [0.1, 0.15) is 0 Å². The maximum atomic E-state index is 11.0. The number of nitrogens with one attached hydrogen (secondary N) is 1. The summed E-state index contributed by atoms with van der Waals surface area (Å²) in [6.45, 7) is 12.3. The average molecular weight is 352 g/mol. The second-order valence-corrected chi connectivity index (χ2v) is 8.11. The zero-order valence-electron chi connectivity index (χ0n) is 16.3. The van der Waals surface area contributed by atoms with E-state index in [1.165, 1.54) is 16.8 Å². The van der Waals surface area contributed by atoms with Crippen LogP contribution in [0.3, 0.4) is 0 Å². The van der Waals surface area contributed by atoms with Crippen molar-refractivity contribution in [3.63, 3.8) is 0 Å². The molecule has 0 bridgehead atoms. The highest BCUT2D eigenvalue weighted by Gasteiger charge is 2.32. The summed E-state index contributed by atoms with van der Waals surface area (Å²) < 4.78 is 0. The molecule has 1 aliphatic heterocycles. The Bertz CT molecular complexity index is 823. The summed E-state index contributed by atoms with van der Waals surface area (Å²) in [5, 5.41) is 12.5. The van der Waals surface area contributed by atoms with Crippen molar-refractivity contribution in [1.29, 1.82) is 0 Å². The van der Waals surface area contributed by atoms with Gasteiger partial charge in [0.05, 0.1) is 5.56 Å². The fraction of sp³-hybridized carbons (Fsp3) is 0.409. The molecule has 0 aromatic heterocycles. The molecule has 0 atom stereocenters. The van der Waals surface area contributed by atoms with Gasteiger partial charge >= 0.3 is 5.97 Å². The minimum atomic E-state index is -0.906. The third-order valence-corrected chi connectivity index (χ3v) is 5.39. The molecule has 0 saturated carbocycles. The third kappa shape index (κ3) is 3.41. The van der Waals surface area contributed by atoms with Crippen molar-refractivity contribution >= 4 is 23.0 Å². The lowest BCUT2D eigenvalue weighted by atomic mass is 9.76. The SMILES string of the molecule is Cc1cc2c(cc1Nc1ccc(C(=O)O)cc1)C(C)(C)CCN2C(C)C. The van der Waals surface area contributed by atoms with Crippen LogP contribution in [0.5, 0.6) is 0 Å². The first kappa shape index (κ1) is 18.3. The van der Waals surface area contributed by atoms with E-state index in [4.69, 9.17) is 5.11 Å². The fourth-order valence-electron chi connectivity index (χ4n) is 3.65. The third-order valence-electron chi connectivity index (χ3n) is 5.39. The lowest BCUT2D eigenvalue weighted by Gasteiger charge is -2.43. The van der Waals surface area contributed by atoms with Crippen LogP contribution in [0.1, 0.15) is 55.6 Å². The molecule has 2 aromatic rings. The molecule has 2 aromatic carbocycles. The van der Waals surface area contributed by atoms with Crippen LogP contribution in [-0.2, 0) is 5.41 Å². The summed E-state index contributed by atoms with van der Waals surface area (Å²) in [5.41, 5.74) is 6.30. The van der Waals surface area contributed by atoms with Gasteiger partial charge in [-0.1, -0.05) is 13.8 Å². The minimum Gasteiger partial charge on any atom is -0.478 e. The molecule has 4 heteroatoms. The van der Waals surface area contributed by atoms with Crippen LogP contribution in [0, 0.1) is 6.92 Å². The molecule has 26 heavy (non-hydrogen) atoms. The van der Waals surface area contributed by atoms with Crippen molar-refractivity contribution in [2.45, 2.75) is 52.5 Å². The Labute approximate surface area is 155 Å². The monoisotopic (exact) mass is 352 g/mol. The number of hydrogen-bond donors (Lipinski definition) is 2. The summed E-state index contributed by atoms with van der Waals surface area (Å²) >= 11 is 0. The van der Waals surface area contributed by atoms with Crippen molar-refractivity contribution in [2.75, 3.05) is 16.8 Å². The maximum absolute atomic E-state index is 11.0. The fourth-order valence-corrected chi connectivity index (χ4v) is 3.65. The number of hydrogen-bond acceptors (Lipinski definition) is 3. The van der Waals surface area contributed by atoms with Gasteiger partial charge in [-0.3, -0.25) is 0 Å². The molecule has 0 saturated heterocycles. The standard InChI is InChI=1S/C22H28N2O2/c1-14(2)24-11-10-22(4,5)18-13-19(15(3)12-20(18)24)23-17-8-6-16(7-9-17)21(25)26/h6-9,12-14,23H,10-11H2,1-5H3,(H,25,26). The number of carboxylic acid groups (broad SMARTS) is 1. The lowest BCUT2D eigenvalue weighted by molar-refractivity contribution is 0.0697. The summed E-state index contributed by atoms with van der Waals surface area (Å²) in [5.74, 6) is -0.906. The minimum absolute atomic E-state index is 0.137. The molecule has 0 radical (unpaired) electrons. The van der Waals surface area contributed by atoms with Gasteiger partial charge in [0, 0.05) is 29.6 Å². The van der Waals surface area contributed by atoms with Crippen molar-refractivity contribution in [3.8, 4) is 0 Å². The molecular formula is C22H28N2O2. The van der Waals surface area contributed by atoms with Crippen LogP contribution in [0.15, 0.2) is 36.4 Å². The Morgan fingerprint density at radius 3 is 2.42 bits per heavy atom. The van der Waals surface area contributed by atoms with E-state index in [2.05, 4.69) is 57.0 Å². The van der Waals surface area contributed by atoms with Crippen molar-refractivity contribution in [2.24, 2.45) is 0 Å². The van der Waals surface area contributed by atoms with Crippen molar-refractivity contribution < 1.29 is 9.90 Å². The number of anilines is 3. The predicted molar refractivity (Wildman–Crippen MR) is 108 cm³/mol. The first-order chi connectivity index (χ1) is 12.2. The van der Waals surface area contributed by atoms with Gasteiger partial charge in [0.25, 0.3) is 0 Å². The first-order valence-electron chi connectivity index (χ1n) is 9.21. The Balaban J connectivity index is 1.98. The van der Waals surface area contributed by atoms with E-state index in [9.17, 15) is 4.79 Å². The van der Waals surface area contributed by atoms with Crippen LogP contribution < -0.4 is 10.2 Å². The van der Waals surface area contributed by atoms with Crippen LogP contribution >= 0.6 is 0 Å². The molecular weight excluding hydrogens is 324 g/mol. The Morgan fingerprint density at radius 1 is 1.19 bits per heavy atom. The van der Waals surface area contributed by atoms with Crippen LogP contribution in [0.25, 0.3) is 0 Å². The van der Waals surface area contributed by atoms with Gasteiger partial charge in [-0.05, 0) is 80.1 Å². The van der Waals surface area contributed by atoms with Gasteiger partial charge < -0.3 is 15.3 Å².